The van der Waals surface area contributed by atoms with E-state index in [1.54, 1.807) is 25.4 Å². The van der Waals surface area contributed by atoms with E-state index in [0.717, 1.165) is 0 Å². The quantitative estimate of drug-likeness (QED) is 0.438. The lowest BCUT2D eigenvalue weighted by atomic mass is 10.4. The molecule has 1 rings (SSSR count). The van der Waals surface area contributed by atoms with Crippen LogP contribution < -0.4 is 10.6 Å². The van der Waals surface area contributed by atoms with Crippen molar-refractivity contribution in [1.82, 2.24) is 20.6 Å². The molecule has 6 nitrogen and oxygen atoms in total. The summed E-state index contributed by atoms with van der Waals surface area (Å²) in [6, 6.07) is 1.72. The van der Waals surface area contributed by atoms with E-state index >= 15 is 0 Å². The van der Waals surface area contributed by atoms with Crippen LogP contribution in [0.5, 0.6) is 0 Å². The predicted octanol–water partition coefficient (Wildman–Crippen LogP) is 0.209. The summed E-state index contributed by atoms with van der Waals surface area (Å²) in [5.41, 5.74) is 0. The zero-order chi connectivity index (χ0) is 13.4. The van der Waals surface area contributed by atoms with Crippen molar-refractivity contribution in [2.45, 2.75) is 24.3 Å². The summed E-state index contributed by atoms with van der Waals surface area (Å²) in [6.45, 7) is 4.07. The van der Waals surface area contributed by atoms with Crippen LogP contribution in [-0.2, 0) is 9.59 Å². The van der Waals surface area contributed by atoms with Gasteiger partial charge >= 0.3 is 0 Å². The molecule has 0 bridgehead atoms. The molecule has 0 aromatic carbocycles. The number of nitrogens with zero attached hydrogens (tertiary/aromatic N) is 2. The fourth-order valence-corrected chi connectivity index (χ4v) is 1.88. The minimum atomic E-state index is -0.273. The van der Waals surface area contributed by atoms with Gasteiger partial charge in [0.05, 0.1) is 5.25 Å². The smallest absolute Gasteiger partial charge is 0.233 e. The average molecular weight is 268 g/mol. The molecule has 0 saturated heterocycles. The summed E-state index contributed by atoms with van der Waals surface area (Å²) < 4.78 is 0. The van der Waals surface area contributed by atoms with Gasteiger partial charge in [0.1, 0.15) is 0 Å². The van der Waals surface area contributed by atoms with Crippen molar-refractivity contribution >= 4 is 23.6 Å². The number of thioether (sulfide) groups is 1. The minimum absolute atomic E-state index is 0.0993. The first-order valence-corrected chi connectivity index (χ1v) is 6.43. The Labute approximate surface area is 110 Å². The molecule has 1 heterocycles. The Morgan fingerprint density at radius 3 is 2.50 bits per heavy atom. The van der Waals surface area contributed by atoms with Gasteiger partial charge < -0.3 is 10.6 Å². The first kappa shape index (κ1) is 14.4. The van der Waals surface area contributed by atoms with Crippen LogP contribution in [0.25, 0.3) is 0 Å². The molecule has 0 aliphatic rings. The third kappa shape index (κ3) is 5.62. The van der Waals surface area contributed by atoms with Crippen LogP contribution in [0.3, 0.4) is 0 Å². The van der Waals surface area contributed by atoms with Crippen molar-refractivity contribution < 1.29 is 9.59 Å². The standard InChI is InChI=1S/C11H16N4O2S/c1-8(18-11-14-4-3-5-15-11)10(17)13-7-6-12-9(2)16/h3-5,8H,6-7H2,1-2H3,(H,12,16)(H,13,17). The van der Waals surface area contributed by atoms with Crippen molar-refractivity contribution in [2.24, 2.45) is 0 Å². The largest absolute Gasteiger partial charge is 0.355 e. The maximum absolute atomic E-state index is 11.7. The predicted molar refractivity (Wildman–Crippen MR) is 69.0 cm³/mol. The first-order chi connectivity index (χ1) is 8.59. The highest BCUT2D eigenvalue weighted by Crippen LogP contribution is 2.17. The summed E-state index contributed by atoms with van der Waals surface area (Å²) in [7, 11) is 0. The zero-order valence-electron chi connectivity index (χ0n) is 10.3. The molecule has 18 heavy (non-hydrogen) atoms. The molecule has 1 unspecified atom stereocenters. The van der Waals surface area contributed by atoms with E-state index in [1.165, 1.54) is 18.7 Å². The Bertz CT molecular complexity index is 399. The Hall–Kier alpha value is -1.63. The Kier molecular flexibility index (Phi) is 6.13. The van der Waals surface area contributed by atoms with Crippen molar-refractivity contribution in [1.29, 1.82) is 0 Å². The lowest BCUT2D eigenvalue weighted by Crippen LogP contribution is -2.37. The molecule has 2 N–H and O–H groups in total. The second kappa shape index (κ2) is 7.65. The second-order valence-corrected chi connectivity index (χ2v) is 4.87. The van der Waals surface area contributed by atoms with Crippen LogP contribution in [0.1, 0.15) is 13.8 Å². The van der Waals surface area contributed by atoms with E-state index in [-0.39, 0.29) is 17.1 Å². The highest BCUT2D eigenvalue weighted by Gasteiger charge is 2.14. The molecule has 0 fully saturated rings. The third-order valence-corrected chi connectivity index (χ3v) is 2.98. The molecule has 7 heteroatoms. The molecule has 0 spiro atoms. The number of hydrogen-bond donors (Lipinski definition) is 2. The Morgan fingerprint density at radius 1 is 1.28 bits per heavy atom. The van der Waals surface area contributed by atoms with Crippen LogP contribution >= 0.6 is 11.8 Å². The molecule has 2 amide bonds. The van der Waals surface area contributed by atoms with Gasteiger partial charge in [-0.3, -0.25) is 9.59 Å². The lowest BCUT2D eigenvalue weighted by molar-refractivity contribution is -0.121. The summed E-state index contributed by atoms with van der Waals surface area (Å²) in [5, 5.41) is 5.63. The number of nitrogens with one attached hydrogen (secondary N) is 2. The van der Waals surface area contributed by atoms with Crippen molar-refractivity contribution in [2.75, 3.05) is 13.1 Å². The Morgan fingerprint density at radius 2 is 1.89 bits per heavy atom. The average Bonchev–Trinajstić information content (AvgIpc) is 2.35. The van der Waals surface area contributed by atoms with Crippen molar-refractivity contribution in [3.8, 4) is 0 Å². The molecule has 0 aliphatic heterocycles. The molecule has 0 saturated carbocycles. The Balaban J connectivity index is 2.27. The van der Waals surface area contributed by atoms with Gasteiger partial charge in [0.15, 0.2) is 5.16 Å². The maximum atomic E-state index is 11.7. The van der Waals surface area contributed by atoms with Gasteiger partial charge in [-0.25, -0.2) is 9.97 Å². The van der Waals surface area contributed by atoms with Gasteiger partial charge in [-0.05, 0) is 13.0 Å². The van der Waals surface area contributed by atoms with Gasteiger partial charge in [-0.15, -0.1) is 0 Å². The highest BCUT2D eigenvalue weighted by atomic mass is 32.2. The molecule has 1 aromatic rings. The lowest BCUT2D eigenvalue weighted by Gasteiger charge is -2.10. The molecule has 1 aromatic heterocycles. The topological polar surface area (TPSA) is 84.0 Å². The van der Waals surface area contributed by atoms with Gasteiger partial charge in [-0.2, -0.15) is 0 Å². The van der Waals surface area contributed by atoms with Crippen LogP contribution in [0.2, 0.25) is 0 Å². The van der Waals surface area contributed by atoms with Gasteiger partial charge in [0.2, 0.25) is 11.8 Å². The molecular formula is C11H16N4O2S. The number of hydrogen-bond acceptors (Lipinski definition) is 5. The second-order valence-electron chi connectivity index (χ2n) is 3.57. The number of carbonyl (C=O) groups excluding carboxylic acids is 2. The number of aromatic nitrogens is 2. The van der Waals surface area contributed by atoms with Gasteiger partial charge in [0.25, 0.3) is 0 Å². The summed E-state index contributed by atoms with van der Waals surface area (Å²) in [5.74, 6) is -0.206. The van der Waals surface area contributed by atoms with Crippen LogP contribution in [0, 0.1) is 0 Å². The summed E-state index contributed by atoms with van der Waals surface area (Å²) in [4.78, 5) is 30.4. The number of amides is 2. The van der Waals surface area contributed by atoms with Crippen LogP contribution in [-0.4, -0.2) is 40.1 Å². The van der Waals surface area contributed by atoms with E-state index in [1.807, 2.05) is 0 Å². The zero-order valence-corrected chi connectivity index (χ0v) is 11.2. The molecule has 1 atom stereocenters. The minimum Gasteiger partial charge on any atom is -0.355 e. The normalized spacial score (nSPS) is 11.7. The monoisotopic (exact) mass is 268 g/mol. The highest BCUT2D eigenvalue weighted by molar-refractivity contribution is 8.00. The van der Waals surface area contributed by atoms with E-state index < -0.39 is 0 Å². The van der Waals surface area contributed by atoms with E-state index in [4.69, 9.17) is 0 Å². The molecular weight excluding hydrogens is 252 g/mol. The summed E-state index contributed by atoms with van der Waals surface area (Å²) in [6.07, 6.45) is 3.27. The van der Waals surface area contributed by atoms with Gasteiger partial charge in [-0.1, -0.05) is 11.8 Å². The van der Waals surface area contributed by atoms with E-state index in [2.05, 4.69) is 20.6 Å². The third-order valence-electron chi connectivity index (χ3n) is 1.99. The maximum Gasteiger partial charge on any atom is 0.233 e. The van der Waals surface area contributed by atoms with Crippen LogP contribution in [0.4, 0.5) is 0 Å². The molecule has 98 valence electrons. The molecule has 0 aliphatic carbocycles. The summed E-state index contributed by atoms with van der Waals surface area (Å²) >= 11 is 1.29. The first-order valence-electron chi connectivity index (χ1n) is 5.55. The fraction of sp³-hybridized carbons (Fsp3) is 0.455. The molecule has 0 radical (unpaired) electrons. The SMILES string of the molecule is CC(=O)NCCNC(=O)C(C)Sc1ncccn1. The van der Waals surface area contributed by atoms with Crippen molar-refractivity contribution in [3.05, 3.63) is 18.5 Å². The fourth-order valence-electron chi connectivity index (χ4n) is 1.13. The van der Waals surface area contributed by atoms with Gasteiger partial charge in [0, 0.05) is 32.4 Å². The number of carbonyl (C=O) groups is 2. The number of rotatable bonds is 6. The van der Waals surface area contributed by atoms with E-state index in [0.29, 0.717) is 18.2 Å². The van der Waals surface area contributed by atoms with E-state index in [9.17, 15) is 9.59 Å². The van der Waals surface area contributed by atoms with Crippen molar-refractivity contribution in [3.63, 3.8) is 0 Å². The van der Waals surface area contributed by atoms with Crippen LogP contribution in [0.15, 0.2) is 23.6 Å².